The lowest BCUT2D eigenvalue weighted by molar-refractivity contribution is 0.824. The molecule has 3 aromatic rings. The molecule has 0 bridgehead atoms. The molecule has 0 aliphatic rings. The Balaban J connectivity index is 2.08. The van der Waals surface area contributed by atoms with Crippen LogP contribution in [-0.2, 0) is 0 Å². The fourth-order valence-corrected chi connectivity index (χ4v) is 2.57. The van der Waals surface area contributed by atoms with Crippen molar-refractivity contribution in [2.75, 3.05) is 5.32 Å². The zero-order valence-corrected chi connectivity index (χ0v) is 14.7. The lowest BCUT2D eigenvalue weighted by Gasteiger charge is -2.13. The fourth-order valence-electron chi connectivity index (χ4n) is 2.57. The molecule has 0 aliphatic carbocycles. The quantitative estimate of drug-likeness (QED) is 0.686. The number of hydrogen-bond donors (Lipinski definition) is 2. The van der Waals surface area contributed by atoms with Crippen molar-refractivity contribution in [3.05, 3.63) is 94.4 Å². The Morgan fingerprint density at radius 2 is 1.88 bits per heavy atom. The molecule has 0 spiro atoms. The average Bonchev–Trinajstić information content (AvgIpc) is 2.62. The van der Waals surface area contributed by atoms with E-state index in [0.29, 0.717) is 11.4 Å². The third-order valence-corrected chi connectivity index (χ3v) is 3.74. The number of anilines is 1. The Kier molecular flexibility index (Phi) is 5.08. The molecule has 2 aromatic carbocycles. The summed E-state index contributed by atoms with van der Waals surface area (Å²) in [7, 11) is 0. The van der Waals surface area contributed by atoms with E-state index in [0.717, 1.165) is 16.9 Å². The molecular weight excluding hydrogens is 324 g/mol. The van der Waals surface area contributed by atoms with E-state index < -0.39 is 0 Å². The first-order chi connectivity index (χ1) is 12.5. The van der Waals surface area contributed by atoms with Gasteiger partial charge < -0.3 is 10.7 Å². The van der Waals surface area contributed by atoms with Crippen LogP contribution in [0, 0.1) is 12.3 Å². The molecule has 5 heteroatoms. The Bertz CT molecular complexity index is 1020. The minimum atomic E-state index is -0.204. The second kappa shape index (κ2) is 7.61. The van der Waals surface area contributed by atoms with Crippen molar-refractivity contribution in [1.29, 1.82) is 5.41 Å². The summed E-state index contributed by atoms with van der Waals surface area (Å²) in [6.07, 6.45) is 3.26. The van der Waals surface area contributed by atoms with Gasteiger partial charge in [-0.05, 0) is 49.8 Å². The summed E-state index contributed by atoms with van der Waals surface area (Å²) in [6.45, 7) is 3.67. The molecule has 0 aliphatic heterocycles. The second-order valence-electron chi connectivity index (χ2n) is 6.04. The van der Waals surface area contributed by atoms with E-state index in [-0.39, 0.29) is 11.1 Å². The minimum Gasteiger partial charge on any atom is -0.354 e. The van der Waals surface area contributed by atoms with Crippen LogP contribution in [0.4, 0.5) is 5.69 Å². The number of aromatic nitrogens is 2. The van der Waals surface area contributed by atoms with Crippen molar-refractivity contribution in [3.8, 4) is 5.69 Å². The van der Waals surface area contributed by atoms with Crippen molar-refractivity contribution >= 4 is 17.1 Å². The van der Waals surface area contributed by atoms with Crippen LogP contribution in [0.1, 0.15) is 18.2 Å². The van der Waals surface area contributed by atoms with Crippen LogP contribution in [0.15, 0.2) is 77.7 Å². The zero-order chi connectivity index (χ0) is 18.5. The molecule has 0 saturated heterocycles. The highest BCUT2D eigenvalue weighted by atomic mass is 16.1. The largest absolute Gasteiger partial charge is 0.354 e. The number of hydrogen-bond acceptors (Lipinski definition) is 4. The molecule has 0 amide bonds. The number of nitrogens with zero attached hydrogens (tertiary/aromatic N) is 2. The van der Waals surface area contributed by atoms with E-state index in [4.69, 9.17) is 5.41 Å². The average molecular weight is 344 g/mol. The van der Waals surface area contributed by atoms with Crippen molar-refractivity contribution in [2.24, 2.45) is 0 Å². The first-order valence-corrected chi connectivity index (χ1v) is 8.29. The van der Waals surface area contributed by atoms with E-state index in [1.807, 2.05) is 61.5 Å². The van der Waals surface area contributed by atoms with Crippen LogP contribution < -0.4 is 10.7 Å². The lowest BCUT2D eigenvalue weighted by Crippen LogP contribution is -2.18. The number of para-hydroxylation sites is 1. The minimum absolute atomic E-state index is 0.204. The monoisotopic (exact) mass is 344 g/mol. The maximum atomic E-state index is 12.5. The van der Waals surface area contributed by atoms with E-state index >= 15 is 0 Å². The Morgan fingerprint density at radius 1 is 1.12 bits per heavy atom. The lowest BCUT2D eigenvalue weighted by atomic mass is 10.2. The van der Waals surface area contributed by atoms with Crippen molar-refractivity contribution in [3.63, 3.8) is 0 Å². The van der Waals surface area contributed by atoms with Crippen LogP contribution in [0.25, 0.3) is 11.4 Å². The number of benzene rings is 2. The first-order valence-electron chi connectivity index (χ1n) is 8.29. The van der Waals surface area contributed by atoms with Crippen LogP contribution in [-0.4, -0.2) is 15.5 Å². The standard InChI is InChI=1S/C21H20N4O/c1-15-7-6-10-18(13-15)25-12-11-20(26)21(24-25)19(14-16(2)22)23-17-8-4-3-5-9-17/h3-14,22-23H,1-2H3/b19-14-,22-16?. The molecule has 130 valence electrons. The fraction of sp³-hybridized carbons (Fsp3) is 0.0952. The normalized spacial score (nSPS) is 11.2. The predicted octanol–water partition coefficient (Wildman–Crippen LogP) is 4.03. The number of allylic oxidation sites excluding steroid dienone is 1. The molecular formula is C21H20N4O. The van der Waals surface area contributed by atoms with Gasteiger partial charge in [0.05, 0.1) is 11.4 Å². The van der Waals surface area contributed by atoms with Gasteiger partial charge in [0.15, 0.2) is 5.69 Å². The smallest absolute Gasteiger partial charge is 0.209 e. The van der Waals surface area contributed by atoms with Crippen molar-refractivity contribution in [1.82, 2.24) is 9.78 Å². The van der Waals surface area contributed by atoms with Gasteiger partial charge in [0, 0.05) is 23.7 Å². The molecule has 26 heavy (non-hydrogen) atoms. The third kappa shape index (κ3) is 4.13. The zero-order valence-electron chi connectivity index (χ0n) is 14.7. The number of nitrogens with one attached hydrogen (secondary N) is 2. The van der Waals surface area contributed by atoms with Gasteiger partial charge >= 0.3 is 0 Å². The topological polar surface area (TPSA) is 70.8 Å². The molecule has 0 radical (unpaired) electrons. The second-order valence-corrected chi connectivity index (χ2v) is 6.04. The van der Waals surface area contributed by atoms with Crippen LogP contribution in [0.5, 0.6) is 0 Å². The van der Waals surface area contributed by atoms with Gasteiger partial charge in [0.1, 0.15) is 0 Å². The Hall–Kier alpha value is -3.47. The predicted molar refractivity (Wildman–Crippen MR) is 106 cm³/mol. The van der Waals surface area contributed by atoms with Gasteiger partial charge in [0.2, 0.25) is 5.43 Å². The summed E-state index contributed by atoms with van der Waals surface area (Å²) in [6, 6.07) is 18.9. The van der Waals surface area contributed by atoms with Gasteiger partial charge in [0.25, 0.3) is 0 Å². The summed E-state index contributed by atoms with van der Waals surface area (Å²) in [5, 5.41) is 15.5. The summed E-state index contributed by atoms with van der Waals surface area (Å²) < 4.78 is 1.67. The summed E-state index contributed by atoms with van der Waals surface area (Å²) >= 11 is 0. The highest BCUT2D eigenvalue weighted by Gasteiger charge is 2.11. The van der Waals surface area contributed by atoms with Crippen molar-refractivity contribution < 1.29 is 0 Å². The summed E-state index contributed by atoms with van der Waals surface area (Å²) in [5.74, 6) is 0. The molecule has 2 N–H and O–H groups in total. The van der Waals surface area contributed by atoms with E-state index in [1.54, 1.807) is 23.9 Å². The molecule has 0 fully saturated rings. The Morgan fingerprint density at radius 3 is 2.58 bits per heavy atom. The van der Waals surface area contributed by atoms with Gasteiger partial charge in [-0.3, -0.25) is 4.79 Å². The van der Waals surface area contributed by atoms with Crippen LogP contribution >= 0.6 is 0 Å². The SMILES string of the molecule is CC(=N)/C=C(\Nc1ccccc1)c1nn(-c2cccc(C)c2)ccc1=O. The molecule has 0 saturated carbocycles. The third-order valence-electron chi connectivity index (χ3n) is 3.74. The Labute approximate surface area is 152 Å². The molecule has 5 nitrogen and oxygen atoms in total. The maximum absolute atomic E-state index is 12.5. The molecule has 3 rings (SSSR count). The van der Waals surface area contributed by atoms with E-state index in [2.05, 4.69) is 10.4 Å². The number of aryl methyl sites for hydroxylation is 1. The van der Waals surface area contributed by atoms with E-state index in [1.165, 1.54) is 6.07 Å². The molecule has 0 atom stereocenters. The van der Waals surface area contributed by atoms with Gasteiger partial charge in [-0.1, -0.05) is 30.3 Å². The van der Waals surface area contributed by atoms with E-state index in [9.17, 15) is 4.79 Å². The highest BCUT2D eigenvalue weighted by Crippen LogP contribution is 2.16. The van der Waals surface area contributed by atoms with Gasteiger partial charge in [-0.25, -0.2) is 4.68 Å². The molecule has 1 heterocycles. The number of rotatable bonds is 5. The molecule has 0 unspecified atom stereocenters. The summed E-state index contributed by atoms with van der Waals surface area (Å²) in [4.78, 5) is 12.5. The maximum Gasteiger partial charge on any atom is 0.209 e. The van der Waals surface area contributed by atoms with Gasteiger partial charge in [-0.15, -0.1) is 0 Å². The van der Waals surface area contributed by atoms with Crippen LogP contribution in [0.2, 0.25) is 0 Å². The highest BCUT2D eigenvalue weighted by molar-refractivity contribution is 5.98. The van der Waals surface area contributed by atoms with Crippen LogP contribution in [0.3, 0.4) is 0 Å². The summed E-state index contributed by atoms with van der Waals surface area (Å²) in [5.41, 5.74) is 3.70. The van der Waals surface area contributed by atoms with Crippen molar-refractivity contribution in [2.45, 2.75) is 13.8 Å². The first kappa shape index (κ1) is 17.4. The molecule has 1 aromatic heterocycles. The van der Waals surface area contributed by atoms with Gasteiger partial charge in [-0.2, -0.15) is 5.10 Å².